The minimum Gasteiger partial charge on any atom is -0.267 e. The van der Waals surface area contributed by atoms with Gasteiger partial charge < -0.3 is 0 Å². The van der Waals surface area contributed by atoms with Crippen molar-refractivity contribution in [2.75, 3.05) is 0 Å². The first-order valence-electron chi connectivity index (χ1n) is 9.89. The topological polar surface area (TPSA) is 76.3 Å². The molecule has 4 aromatic rings. The molecule has 0 fully saturated rings. The number of rotatable bonds is 7. The minimum atomic E-state index is -3.76. The van der Waals surface area contributed by atoms with Crippen LogP contribution in [0.1, 0.15) is 16.7 Å². The molecule has 0 aliphatic heterocycles. The standard InChI is InChI=1S/C24H21ClN4O2S/c1-18-7-13-23(14-8-18)32(30,31)28-26-15-21-17-29(16-19-9-11-22(25)12-10-19)27-24(21)20-5-3-2-4-6-20/h2-15,17,28H,16H2,1H3/b26-15-. The van der Waals surface area contributed by atoms with Crippen LogP contribution in [0.25, 0.3) is 11.3 Å². The second-order valence-electron chi connectivity index (χ2n) is 7.29. The van der Waals surface area contributed by atoms with Gasteiger partial charge in [-0.25, -0.2) is 4.83 Å². The number of hydrazone groups is 1. The van der Waals surface area contributed by atoms with E-state index >= 15 is 0 Å². The van der Waals surface area contributed by atoms with Crippen molar-refractivity contribution < 1.29 is 8.42 Å². The van der Waals surface area contributed by atoms with Crippen molar-refractivity contribution in [1.29, 1.82) is 0 Å². The molecule has 0 aliphatic rings. The maximum absolute atomic E-state index is 12.5. The predicted molar refractivity (Wildman–Crippen MR) is 127 cm³/mol. The summed E-state index contributed by atoms with van der Waals surface area (Å²) in [6.07, 6.45) is 3.31. The molecule has 0 aliphatic carbocycles. The third-order valence-electron chi connectivity index (χ3n) is 4.80. The molecule has 3 aromatic carbocycles. The first-order chi connectivity index (χ1) is 15.4. The Balaban J connectivity index is 1.60. The first-order valence-corrected chi connectivity index (χ1v) is 11.8. The van der Waals surface area contributed by atoms with Crippen LogP contribution in [-0.4, -0.2) is 24.4 Å². The second kappa shape index (κ2) is 9.38. The Hall–Kier alpha value is -3.42. The fourth-order valence-corrected chi connectivity index (χ4v) is 4.06. The molecule has 0 amide bonds. The molecule has 32 heavy (non-hydrogen) atoms. The van der Waals surface area contributed by atoms with E-state index in [9.17, 15) is 8.42 Å². The molecular weight excluding hydrogens is 444 g/mol. The maximum Gasteiger partial charge on any atom is 0.276 e. The van der Waals surface area contributed by atoms with Crippen molar-refractivity contribution in [3.05, 3.63) is 107 Å². The summed E-state index contributed by atoms with van der Waals surface area (Å²) in [7, 11) is -3.76. The van der Waals surface area contributed by atoms with Crippen molar-refractivity contribution in [3.8, 4) is 11.3 Å². The number of halogens is 1. The molecule has 0 atom stereocenters. The van der Waals surface area contributed by atoms with Gasteiger partial charge in [-0.1, -0.05) is 71.8 Å². The van der Waals surface area contributed by atoms with Gasteiger partial charge in [-0.15, -0.1) is 0 Å². The molecule has 0 radical (unpaired) electrons. The maximum atomic E-state index is 12.5. The Morgan fingerprint density at radius 1 is 1.00 bits per heavy atom. The van der Waals surface area contributed by atoms with E-state index in [4.69, 9.17) is 16.7 Å². The van der Waals surface area contributed by atoms with Crippen LogP contribution in [0.5, 0.6) is 0 Å². The smallest absolute Gasteiger partial charge is 0.267 e. The average molecular weight is 465 g/mol. The highest BCUT2D eigenvalue weighted by atomic mass is 35.5. The Labute approximate surface area is 192 Å². The summed E-state index contributed by atoms with van der Waals surface area (Å²) >= 11 is 5.97. The van der Waals surface area contributed by atoms with Gasteiger partial charge in [0.1, 0.15) is 5.69 Å². The lowest BCUT2D eigenvalue weighted by Crippen LogP contribution is -2.18. The zero-order valence-corrected chi connectivity index (χ0v) is 18.9. The first kappa shape index (κ1) is 21.8. The molecule has 0 saturated heterocycles. The van der Waals surface area contributed by atoms with Crippen molar-refractivity contribution in [2.24, 2.45) is 5.10 Å². The van der Waals surface area contributed by atoms with E-state index in [1.165, 1.54) is 6.21 Å². The number of hydrogen-bond donors (Lipinski definition) is 1. The molecule has 6 nitrogen and oxygen atoms in total. The zero-order valence-electron chi connectivity index (χ0n) is 17.3. The monoisotopic (exact) mass is 464 g/mol. The van der Waals surface area contributed by atoms with Gasteiger partial charge in [-0.3, -0.25) is 4.68 Å². The number of sulfonamides is 1. The van der Waals surface area contributed by atoms with Crippen molar-refractivity contribution in [2.45, 2.75) is 18.4 Å². The summed E-state index contributed by atoms with van der Waals surface area (Å²) < 4.78 is 26.8. The van der Waals surface area contributed by atoms with Gasteiger partial charge in [0, 0.05) is 22.3 Å². The van der Waals surface area contributed by atoms with Gasteiger partial charge in [0.15, 0.2) is 0 Å². The summed E-state index contributed by atoms with van der Waals surface area (Å²) in [5.74, 6) is 0. The van der Waals surface area contributed by atoms with Crippen LogP contribution in [0.4, 0.5) is 0 Å². The molecular formula is C24H21ClN4O2S. The van der Waals surface area contributed by atoms with Crippen LogP contribution in [-0.2, 0) is 16.6 Å². The van der Waals surface area contributed by atoms with Gasteiger partial charge in [0.25, 0.3) is 10.0 Å². The minimum absolute atomic E-state index is 0.155. The summed E-state index contributed by atoms with van der Waals surface area (Å²) in [4.78, 5) is 2.43. The summed E-state index contributed by atoms with van der Waals surface area (Å²) in [5.41, 5.74) is 4.33. The Bertz CT molecular complexity index is 1330. The van der Waals surface area contributed by atoms with E-state index in [1.807, 2.05) is 67.7 Å². The SMILES string of the molecule is Cc1ccc(S(=O)(=O)N/N=C\c2cn(Cc3ccc(Cl)cc3)nc2-c2ccccc2)cc1. The predicted octanol–water partition coefficient (Wildman–Crippen LogP) is 4.87. The van der Waals surface area contributed by atoms with Crippen molar-refractivity contribution in [1.82, 2.24) is 14.6 Å². The van der Waals surface area contributed by atoms with E-state index in [2.05, 4.69) is 9.93 Å². The van der Waals surface area contributed by atoms with Gasteiger partial charge >= 0.3 is 0 Å². The number of aryl methyl sites for hydroxylation is 1. The molecule has 0 saturated carbocycles. The molecule has 162 valence electrons. The van der Waals surface area contributed by atoms with E-state index in [1.54, 1.807) is 28.9 Å². The van der Waals surface area contributed by atoms with Gasteiger partial charge in [-0.2, -0.15) is 18.6 Å². The quantitative estimate of drug-likeness (QED) is 0.313. The zero-order chi connectivity index (χ0) is 22.6. The second-order valence-corrected chi connectivity index (χ2v) is 9.39. The lowest BCUT2D eigenvalue weighted by atomic mass is 10.1. The van der Waals surface area contributed by atoms with Crippen LogP contribution in [0, 0.1) is 6.92 Å². The van der Waals surface area contributed by atoms with E-state index in [0.29, 0.717) is 22.8 Å². The highest BCUT2D eigenvalue weighted by Gasteiger charge is 2.13. The van der Waals surface area contributed by atoms with Crippen molar-refractivity contribution >= 4 is 27.8 Å². The molecule has 1 heterocycles. The van der Waals surface area contributed by atoms with Crippen LogP contribution >= 0.6 is 11.6 Å². The molecule has 0 spiro atoms. The normalized spacial score (nSPS) is 11.7. The highest BCUT2D eigenvalue weighted by Crippen LogP contribution is 2.21. The Morgan fingerprint density at radius 3 is 2.38 bits per heavy atom. The molecule has 4 rings (SSSR count). The Kier molecular flexibility index (Phi) is 6.39. The van der Waals surface area contributed by atoms with Gasteiger partial charge in [0.2, 0.25) is 0 Å². The average Bonchev–Trinajstić information content (AvgIpc) is 3.18. The largest absolute Gasteiger partial charge is 0.276 e. The van der Waals surface area contributed by atoms with E-state index < -0.39 is 10.0 Å². The van der Waals surface area contributed by atoms with Crippen molar-refractivity contribution in [3.63, 3.8) is 0 Å². The Morgan fingerprint density at radius 2 is 1.69 bits per heavy atom. The molecule has 0 unspecified atom stereocenters. The summed E-state index contributed by atoms with van der Waals surface area (Å²) in [6.45, 7) is 2.44. The molecule has 0 bridgehead atoms. The fourth-order valence-electron chi connectivity index (χ4n) is 3.14. The van der Waals surface area contributed by atoms with Crippen LogP contribution in [0.15, 0.2) is 95.1 Å². The van der Waals surface area contributed by atoms with E-state index in [-0.39, 0.29) is 4.90 Å². The highest BCUT2D eigenvalue weighted by molar-refractivity contribution is 7.89. The summed E-state index contributed by atoms with van der Waals surface area (Å²) in [5, 5.41) is 9.37. The lowest BCUT2D eigenvalue weighted by Gasteiger charge is -2.03. The summed E-state index contributed by atoms with van der Waals surface area (Å²) in [6, 6.07) is 23.8. The van der Waals surface area contributed by atoms with E-state index in [0.717, 1.165) is 16.7 Å². The number of benzene rings is 3. The molecule has 1 aromatic heterocycles. The van der Waals surface area contributed by atoms with Gasteiger partial charge in [0.05, 0.1) is 17.7 Å². The molecule has 8 heteroatoms. The third kappa shape index (κ3) is 5.25. The third-order valence-corrected chi connectivity index (χ3v) is 6.29. The number of aromatic nitrogens is 2. The fraction of sp³-hybridized carbons (Fsp3) is 0.0833. The van der Waals surface area contributed by atoms with Gasteiger partial charge in [-0.05, 0) is 36.8 Å². The lowest BCUT2D eigenvalue weighted by molar-refractivity contribution is 0.584. The van der Waals surface area contributed by atoms with Crippen LogP contribution < -0.4 is 4.83 Å². The molecule has 1 N–H and O–H groups in total. The number of nitrogens with one attached hydrogen (secondary N) is 1. The van der Waals surface area contributed by atoms with Crippen LogP contribution in [0.3, 0.4) is 0 Å². The number of nitrogens with zero attached hydrogens (tertiary/aromatic N) is 3. The van der Waals surface area contributed by atoms with Crippen LogP contribution in [0.2, 0.25) is 5.02 Å². The number of hydrogen-bond acceptors (Lipinski definition) is 4.